The van der Waals surface area contributed by atoms with E-state index in [1.54, 1.807) is 6.08 Å². The first kappa shape index (κ1) is 23.8. The number of hydrogen-bond donors (Lipinski definition) is 1. The van der Waals surface area contributed by atoms with E-state index in [0.29, 0.717) is 24.2 Å². The topological polar surface area (TPSA) is 40.5 Å². The van der Waals surface area contributed by atoms with Gasteiger partial charge in [-0.25, -0.2) is 0 Å². The van der Waals surface area contributed by atoms with Crippen molar-refractivity contribution in [1.29, 1.82) is 0 Å². The van der Waals surface area contributed by atoms with Gasteiger partial charge in [-0.1, -0.05) is 36.4 Å². The fraction of sp³-hybridized carbons (Fsp3) is 0.348. The van der Waals surface area contributed by atoms with Crippen molar-refractivity contribution in [1.82, 2.24) is 0 Å². The van der Waals surface area contributed by atoms with Crippen molar-refractivity contribution in [3.8, 4) is 0 Å². The lowest BCUT2D eigenvalue weighted by Crippen LogP contribution is -2.53. The van der Waals surface area contributed by atoms with Gasteiger partial charge in [-0.3, -0.25) is 4.79 Å². The highest BCUT2D eigenvalue weighted by Gasteiger charge is 2.71. The molecule has 0 unspecified atom stereocenters. The molecule has 0 fully saturated rings. The third-order valence-electron chi connectivity index (χ3n) is 5.39. The summed E-state index contributed by atoms with van der Waals surface area (Å²) in [6, 6.07) is 9.33. The van der Waals surface area contributed by atoms with Crippen molar-refractivity contribution in [3.63, 3.8) is 0 Å². The molecule has 3 nitrogen and oxygen atoms in total. The average molecular weight is 457 g/mol. The van der Waals surface area contributed by atoms with Crippen LogP contribution >= 0.6 is 0 Å². The van der Waals surface area contributed by atoms with E-state index in [2.05, 4.69) is 0 Å². The van der Waals surface area contributed by atoms with Crippen LogP contribution < -0.4 is 4.90 Å². The van der Waals surface area contributed by atoms with E-state index in [1.165, 1.54) is 13.0 Å². The Kier molecular flexibility index (Phi) is 6.42. The Balaban J connectivity index is 1.83. The van der Waals surface area contributed by atoms with Gasteiger partial charge >= 0.3 is 12.4 Å². The van der Waals surface area contributed by atoms with Gasteiger partial charge in [-0.15, -0.1) is 0 Å². The van der Waals surface area contributed by atoms with Crippen LogP contribution in [0.5, 0.6) is 0 Å². The Morgan fingerprint density at radius 2 is 1.66 bits per heavy atom. The molecule has 1 aliphatic heterocycles. The first-order valence-electron chi connectivity index (χ1n) is 9.84. The zero-order valence-corrected chi connectivity index (χ0v) is 17.1. The minimum Gasteiger partial charge on any atom is -0.369 e. The second-order valence-corrected chi connectivity index (χ2v) is 7.76. The molecule has 0 saturated carbocycles. The minimum atomic E-state index is -5.91. The van der Waals surface area contributed by atoms with E-state index >= 15 is 0 Å². The number of ketones is 1. The van der Waals surface area contributed by atoms with Gasteiger partial charge in [0.15, 0.2) is 5.78 Å². The molecule has 32 heavy (non-hydrogen) atoms. The maximum atomic E-state index is 13.1. The first-order valence-corrected chi connectivity index (χ1v) is 9.84. The zero-order chi connectivity index (χ0) is 23.7. The van der Waals surface area contributed by atoms with Gasteiger partial charge in [0.05, 0.1) is 0 Å². The molecular formula is C23H21F6NO2. The number of fused-ring (bicyclic) bond motifs is 1. The summed E-state index contributed by atoms with van der Waals surface area (Å²) in [6.45, 7) is 2.41. The lowest BCUT2D eigenvalue weighted by Gasteiger charge is -2.33. The molecule has 3 rings (SSSR count). The van der Waals surface area contributed by atoms with Crippen LogP contribution in [0.2, 0.25) is 0 Å². The number of anilines is 1. The molecule has 1 N–H and O–H groups in total. The standard InChI is InChI=1S/C23H21F6NO2/c1-15(31)4-5-16-8-11-20-18(13-16)3-2-12-30(20)14-17-6-9-19(10-7-17)21(32,22(24,25)26)23(27,28)29/h4-11,13,32H,2-3,12,14H2,1H3/b5-4+. The van der Waals surface area contributed by atoms with Gasteiger partial charge in [0.25, 0.3) is 5.60 Å². The highest BCUT2D eigenvalue weighted by Crippen LogP contribution is 2.50. The molecule has 0 aromatic heterocycles. The molecular weight excluding hydrogens is 436 g/mol. The predicted octanol–water partition coefficient (Wildman–Crippen LogP) is 5.55. The summed E-state index contributed by atoms with van der Waals surface area (Å²) in [5, 5.41) is 9.52. The molecule has 2 aromatic rings. The maximum absolute atomic E-state index is 13.1. The molecule has 0 saturated heterocycles. The summed E-state index contributed by atoms with van der Waals surface area (Å²) in [6.07, 6.45) is -7.00. The van der Waals surface area contributed by atoms with Gasteiger partial charge < -0.3 is 10.0 Å². The Hall–Kier alpha value is -2.81. The summed E-state index contributed by atoms with van der Waals surface area (Å²) in [4.78, 5) is 13.1. The van der Waals surface area contributed by atoms with Crippen molar-refractivity contribution in [2.24, 2.45) is 0 Å². The first-order chi connectivity index (χ1) is 14.8. The van der Waals surface area contributed by atoms with Crippen LogP contribution in [0.1, 0.15) is 35.6 Å². The fourth-order valence-electron chi connectivity index (χ4n) is 3.74. The molecule has 0 atom stereocenters. The number of halogens is 6. The van der Waals surface area contributed by atoms with E-state index in [-0.39, 0.29) is 12.3 Å². The number of allylic oxidation sites excluding steroid dienone is 1. The Labute approximate surface area is 181 Å². The van der Waals surface area contributed by atoms with E-state index in [9.17, 15) is 36.2 Å². The van der Waals surface area contributed by atoms with Crippen molar-refractivity contribution < 1.29 is 36.2 Å². The summed E-state index contributed by atoms with van der Waals surface area (Å²) >= 11 is 0. The molecule has 2 aromatic carbocycles. The largest absolute Gasteiger partial charge is 0.430 e. The summed E-state index contributed by atoms with van der Waals surface area (Å²) in [7, 11) is 0. The molecule has 1 aliphatic rings. The Morgan fingerprint density at radius 3 is 2.22 bits per heavy atom. The van der Waals surface area contributed by atoms with Crippen molar-refractivity contribution >= 4 is 17.5 Å². The zero-order valence-electron chi connectivity index (χ0n) is 17.1. The number of hydrogen-bond acceptors (Lipinski definition) is 3. The van der Waals surface area contributed by atoms with Crippen LogP contribution in [0.25, 0.3) is 6.08 Å². The molecule has 1 heterocycles. The fourth-order valence-corrected chi connectivity index (χ4v) is 3.74. The summed E-state index contributed by atoms with van der Waals surface area (Å²) in [5.74, 6) is -0.0734. The number of rotatable bonds is 5. The third kappa shape index (κ3) is 4.67. The Morgan fingerprint density at radius 1 is 1.03 bits per heavy atom. The van der Waals surface area contributed by atoms with E-state index < -0.39 is 23.5 Å². The van der Waals surface area contributed by atoms with Gasteiger partial charge in [-0.2, -0.15) is 26.3 Å². The molecule has 9 heteroatoms. The molecule has 0 bridgehead atoms. The van der Waals surface area contributed by atoms with E-state index in [0.717, 1.165) is 41.8 Å². The summed E-state index contributed by atoms with van der Waals surface area (Å²) < 4.78 is 78.3. The molecule has 0 spiro atoms. The summed E-state index contributed by atoms with van der Waals surface area (Å²) in [5.41, 5.74) is -2.87. The number of nitrogens with zero attached hydrogens (tertiary/aromatic N) is 1. The normalized spacial score (nSPS) is 15.2. The van der Waals surface area contributed by atoms with E-state index in [4.69, 9.17) is 0 Å². The molecule has 0 amide bonds. The maximum Gasteiger partial charge on any atom is 0.430 e. The highest BCUT2D eigenvalue weighted by atomic mass is 19.4. The van der Waals surface area contributed by atoms with Crippen LogP contribution in [-0.4, -0.2) is 29.8 Å². The number of carbonyl (C=O) groups excluding carboxylic acids is 1. The molecule has 0 aliphatic carbocycles. The average Bonchev–Trinajstić information content (AvgIpc) is 2.70. The molecule has 172 valence electrons. The lowest BCUT2D eigenvalue weighted by atomic mass is 9.91. The van der Waals surface area contributed by atoms with E-state index in [1.807, 2.05) is 23.1 Å². The predicted molar refractivity (Wildman–Crippen MR) is 108 cm³/mol. The van der Waals surface area contributed by atoms with Gasteiger partial charge in [0.1, 0.15) is 0 Å². The van der Waals surface area contributed by atoms with Gasteiger partial charge in [0.2, 0.25) is 0 Å². The SMILES string of the molecule is CC(=O)/C=C/c1ccc2c(c1)CCCN2Cc1ccc(C(O)(C(F)(F)F)C(F)(F)F)cc1. The molecule has 0 radical (unpaired) electrons. The number of benzene rings is 2. The van der Waals surface area contributed by atoms with Gasteiger partial charge in [-0.05, 0) is 54.7 Å². The van der Waals surface area contributed by atoms with Crippen LogP contribution in [0, 0.1) is 0 Å². The second kappa shape index (κ2) is 8.61. The van der Waals surface area contributed by atoms with Crippen LogP contribution in [0.3, 0.4) is 0 Å². The van der Waals surface area contributed by atoms with Crippen molar-refractivity contribution in [2.75, 3.05) is 11.4 Å². The smallest absolute Gasteiger partial charge is 0.369 e. The van der Waals surface area contributed by atoms with Crippen molar-refractivity contribution in [3.05, 3.63) is 70.8 Å². The number of alkyl halides is 6. The lowest BCUT2D eigenvalue weighted by molar-refractivity contribution is -0.376. The number of aliphatic hydroxyl groups is 1. The third-order valence-corrected chi connectivity index (χ3v) is 5.39. The van der Waals surface area contributed by atoms with Crippen LogP contribution in [-0.2, 0) is 23.4 Å². The highest BCUT2D eigenvalue weighted by molar-refractivity contribution is 5.91. The Bertz CT molecular complexity index is 995. The minimum absolute atomic E-state index is 0.0734. The van der Waals surface area contributed by atoms with Crippen molar-refractivity contribution in [2.45, 2.75) is 44.3 Å². The quantitative estimate of drug-likeness (QED) is 0.473. The number of aryl methyl sites for hydroxylation is 1. The number of carbonyl (C=O) groups is 1. The van der Waals surface area contributed by atoms with Crippen LogP contribution in [0.4, 0.5) is 32.0 Å². The monoisotopic (exact) mass is 457 g/mol. The second-order valence-electron chi connectivity index (χ2n) is 7.76. The van der Waals surface area contributed by atoms with Gasteiger partial charge in [0, 0.05) is 24.3 Å². The van der Waals surface area contributed by atoms with Crippen LogP contribution in [0.15, 0.2) is 48.5 Å².